The zero-order valence-corrected chi connectivity index (χ0v) is 25.8. The van der Waals surface area contributed by atoms with Gasteiger partial charge in [-0.2, -0.15) is 0 Å². The molecule has 0 bridgehead atoms. The van der Waals surface area contributed by atoms with Gasteiger partial charge in [0.25, 0.3) is 0 Å². The first-order chi connectivity index (χ1) is 19.2. The van der Waals surface area contributed by atoms with Crippen LogP contribution in [0.4, 0.5) is 9.59 Å². The summed E-state index contributed by atoms with van der Waals surface area (Å²) in [5.74, 6) is 0. The molecular weight excluding hydrogens is 532 g/mol. The standard InChI is InChI=1S/C31H54N2O6.ClH/c1-3-4-5-6-7-8-9-10-11-12-13-14-15-16-17-21-25-37-27-29(32-30(34)36-2)28-39-31(35)38-26-24-33-22-19-18-20-23-33;/h18-20,22-23,29H,3-17,21,24-28H2,1-2H3;1H/t29-;/m0./s1. The third kappa shape index (κ3) is 23.8. The highest BCUT2D eigenvalue weighted by molar-refractivity contribution is 5.67. The summed E-state index contributed by atoms with van der Waals surface area (Å²) in [6, 6.07) is 5.22. The van der Waals surface area contributed by atoms with Crippen molar-refractivity contribution < 1.29 is 45.5 Å². The molecular formula is C31H55ClN2O6. The molecule has 0 saturated carbocycles. The molecule has 0 saturated heterocycles. The Morgan fingerprint density at radius 2 is 1.23 bits per heavy atom. The predicted octanol–water partition coefficient (Wildman–Crippen LogP) is 4.13. The number of aromatic nitrogens is 1. The van der Waals surface area contributed by atoms with Crippen molar-refractivity contribution in [2.24, 2.45) is 0 Å². The Kier molecular flexibility index (Phi) is 27.0. The fourth-order valence-corrected chi connectivity index (χ4v) is 4.36. The molecule has 1 aromatic heterocycles. The molecule has 0 aliphatic rings. The number of amides is 1. The van der Waals surface area contributed by atoms with Gasteiger partial charge in [0.05, 0.1) is 19.8 Å². The second-order valence-electron chi connectivity index (χ2n) is 10.2. The molecule has 0 aliphatic carbocycles. The van der Waals surface area contributed by atoms with Gasteiger partial charge in [0.1, 0.15) is 6.61 Å². The summed E-state index contributed by atoms with van der Waals surface area (Å²) in [5.41, 5.74) is 0. The first-order valence-corrected chi connectivity index (χ1v) is 15.3. The van der Waals surface area contributed by atoms with Gasteiger partial charge in [0, 0.05) is 18.7 Å². The molecule has 8 nitrogen and oxygen atoms in total. The smallest absolute Gasteiger partial charge is 0.508 e. The van der Waals surface area contributed by atoms with E-state index in [1.54, 1.807) is 0 Å². The Balaban J connectivity index is 0.0000152. The molecule has 1 amide bonds. The number of methoxy groups -OCH3 is 1. The minimum absolute atomic E-state index is 0. The number of ether oxygens (including phenoxy) is 4. The van der Waals surface area contributed by atoms with E-state index in [9.17, 15) is 9.59 Å². The number of carbonyl (C=O) groups excluding carboxylic acids is 2. The maximum Gasteiger partial charge on any atom is 0.508 e. The van der Waals surface area contributed by atoms with Gasteiger partial charge in [0.15, 0.2) is 25.5 Å². The molecule has 232 valence electrons. The Morgan fingerprint density at radius 3 is 1.75 bits per heavy atom. The molecule has 0 fully saturated rings. The second kappa shape index (κ2) is 28.5. The van der Waals surface area contributed by atoms with Crippen molar-refractivity contribution in [2.75, 3.05) is 33.5 Å². The van der Waals surface area contributed by atoms with Crippen molar-refractivity contribution in [3.8, 4) is 0 Å². The molecule has 1 N–H and O–H groups in total. The van der Waals surface area contributed by atoms with E-state index in [2.05, 4.69) is 17.0 Å². The second-order valence-corrected chi connectivity index (χ2v) is 10.2. The average molecular weight is 587 g/mol. The lowest BCUT2D eigenvalue weighted by atomic mass is 10.0. The highest BCUT2D eigenvalue weighted by atomic mass is 35.5. The SMILES string of the molecule is CCCCCCCCCCCCCCCCCCOC[C@@H](COC(=O)OCC[n+]1ccccc1)NC(=O)OC.[Cl-]. The van der Waals surface area contributed by atoms with Gasteiger partial charge in [-0.3, -0.25) is 0 Å². The van der Waals surface area contributed by atoms with Gasteiger partial charge in [-0.15, -0.1) is 0 Å². The molecule has 0 radical (unpaired) electrons. The summed E-state index contributed by atoms with van der Waals surface area (Å²) in [6.07, 6.45) is 23.7. The predicted molar refractivity (Wildman–Crippen MR) is 154 cm³/mol. The van der Waals surface area contributed by atoms with Crippen LogP contribution in [0.3, 0.4) is 0 Å². The summed E-state index contributed by atoms with van der Waals surface area (Å²) < 4.78 is 22.5. The fraction of sp³-hybridized carbons (Fsp3) is 0.774. The molecule has 0 aromatic carbocycles. The first kappa shape index (κ1) is 37.9. The Labute approximate surface area is 249 Å². The maximum atomic E-state index is 11.9. The number of alkyl carbamates (subject to hydrolysis) is 1. The molecule has 1 heterocycles. The minimum Gasteiger partial charge on any atom is -1.00 e. The minimum atomic E-state index is -0.777. The van der Waals surface area contributed by atoms with Crippen LogP contribution in [0.25, 0.3) is 0 Å². The number of hydrogen-bond acceptors (Lipinski definition) is 6. The Morgan fingerprint density at radius 1 is 0.700 bits per heavy atom. The third-order valence-corrected chi connectivity index (χ3v) is 6.72. The highest BCUT2D eigenvalue weighted by Gasteiger charge is 2.16. The monoisotopic (exact) mass is 586 g/mol. The van der Waals surface area contributed by atoms with E-state index in [4.69, 9.17) is 14.2 Å². The lowest BCUT2D eigenvalue weighted by molar-refractivity contribution is -0.698. The zero-order chi connectivity index (χ0) is 28.2. The Bertz CT molecular complexity index is 710. The number of nitrogens with zero attached hydrogens (tertiary/aromatic N) is 1. The van der Waals surface area contributed by atoms with E-state index >= 15 is 0 Å². The van der Waals surface area contributed by atoms with Gasteiger partial charge >= 0.3 is 12.2 Å². The molecule has 1 atom stereocenters. The number of rotatable bonds is 25. The van der Waals surface area contributed by atoms with E-state index in [1.165, 1.54) is 97.0 Å². The lowest BCUT2D eigenvalue weighted by Gasteiger charge is -2.18. The van der Waals surface area contributed by atoms with E-state index in [1.807, 2.05) is 35.2 Å². The van der Waals surface area contributed by atoms with Gasteiger partial charge < -0.3 is 36.7 Å². The molecule has 9 heteroatoms. The molecule has 40 heavy (non-hydrogen) atoms. The summed E-state index contributed by atoms with van der Waals surface area (Å²) in [6.45, 7) is 3.79. The number of carbonyl (C=O) groups is 2. The highest BCUT2D eigenvalue weighted by Crippen LogP contribution is 2.13. The molecule has 0 aliphatic heterocycles. The molecule has 0 spiro atoms. The Hall–Kier alpha value is -2.06. The number of nitrogens with one attached hydrogen (secondary N) is 1. The zero-order valence-electron chi connectivity index (χ0n) is 25.1. The van der Waals surface area contributed by atoms with Crippen LogP contribution in [-0.4, -0.2) is 51.8 Å². The van der Waals surface area contributed by atoms with Crippen molar-refractivity contribution in [2.45, 2.75) is 122 Å². The van der Waals surface area contributed by atoms with Crippen LogP contribution in [0.15, 0.2) is 30.6 Å². The van der Waals surface area contributed by atoms with Crippen molar-refractivity contribution in [3.63, 3.8) is 0 Å². The van der Waals surface area contributed by atoms with E-state index in [0.717, 1.165) is 12.8 Å². The quantitative estimate of drug-likeness (QED) is 0.105. The average Bonchev–Trinajstić information content (AvgIpc) is 2.95. The third-order valence-electron chi connectivity index (χ3n) is 6.72. The number of hydrogen-bond donors (Lipinski definition) is 1. The van der Waals surface area contributed by atoms with Crippen molar-refractivity contribution in [1.29, 1.82) is 0 Å². The lowest BCUT2D eigenvalue weighted by Crippen LogP contribution is -3.00. The van der Waals surface area contributed by atoms with E-state index in [0.29, 0.717) is 13.2 Å². The largest absolute Gasteiger partial charge is 1.00 e. The number of pyridine rings is 1. The summed E-state index contributed by atoms with van der Waals surface area (Å²) in [5, 5.41) is 2.64. The van der Waals surface area contributed by atoms with Gasteiger partial charge in [0.2, 0.25) is 0 Å². The topological polar surface area (TPSA) is 87.0 Å². The van der Waals surface area contributed by atoms with Crippen LogP contribution in [0.1, 0.15) is 110 Å². The van der Waals surface area contributed by atoms with Crippen molar-refractivity contribution in [1.82, 2.24) is 5.32 Å². The molecule has 0 unspecified atom stereocenters. The molecule has 1 aromatic rings. The van der Waals surface area contributed by atoms with Crippen LogP contribution in [-0.2, 0) is 25.5 Å². The van der Waals surface area contributed by atoms with Crippen molar-refractivity contribution >= 4 is 12.2 Å². The summed E-state index contributed by atoms with van der Waals surface area (Å²) in [7, 11) is 1.29. The number of halogens is 1. The summed E-state index contributed by atoms with van der Waals surface area (Å²) in [4.78, 5) is 23.5. The van der Waals surface area contributed by atoms with Crippen molar-refractivity contribution in [3.05, 3.63) is 30.6 Å². The van der Waals surface area contributed by atoms with Crippen LogP contribution in [0.5, 0.6) is 0 Å². The maximum absolute atomic E-state index is 11.9. The van der Waals surface area contributed by atoms with Gasteiger partial charge in [-0.1, -0.05) is 109 Å². The normalized spacial score (nSPS) is 11.3. The van der Waals surface area contributed by atoms with Crippen LogP contribution in [0.2, 0.25) is 0 Å². The van der Waals surface area contributed by atoms with Gasteiger partial charge in [-0.05, 0) is 6.42 Å². The first-order valence-electron chi connectivity index (χ1n) is 15.3. The van der Waals surface area contributed by atoms with Crippen LogP contribution < -0.4 is 22.3 Å². The van der Waals surface area contributed by atoms with E-state index in [-0.39, 0.29) is 32.2 Å². The summed E-state index contributed by atoms with van der Waals surface area (Å²) >= 11 is 0. The van der Waals surface area contributed by atoms with E-state index < -0.39 is 18.3 Å². The van der Waals surface area contributed by atoms with Crippen LogP contribution in [0, 0.1) is 0 Å². The molecule has 1 rings (SSSR count). The van der Waals surface area contributed by atoms with Gasteiger partial charge in [-0.25, -0.2) is 14.2 Å². The fourth-order valence-electron chi connectivity index (χ4n) is 4.36. The number of unbranched alkanes of at least 4 members (excludes halogenated alkanes) is 15. The van der Waals surface area contributed by atoms with Crippen LogP contribution >= 0.6 is 0 Å².